The summed E-state index contributed by atoms with van der Waals surface area (Å²) in [5.41, 5.74) is 0.816. The lowest BCUT2D eigenvalue weighted by atomic mass is 9.88. The molecule has 7 heteroatoms. The summed E-state index contributed by atoms with van der Waals surface area (Å²) in [7, 11) is 1.52. The fraction of sp³-hybridized carbons (Fsp3) is 0.429. The van der Waals surface area contributed by atoms with Crippen LogP contribution in [0.25, 0.3) is 0 Å². The average molecular weight is 389 g/mol. The van der Waals surface area contributed by atoms with Crippen LogP contribution in [0, 0.1) is 6.92 Å². The van der Waals surface area contributed by atoms with Crippen molar-refractivity contribution < 1.29 is 24.1 Å². The topological polar surface area (TPSA) is 97.8 Å². The molecule has 0 fully saturated rings. The monoisotopic (exact) mass is 389 g/mol. The predicted octanol–water partition coefficient (Wildman–Crippen LogP) is 3.27. The van der Waals surface area contributed by atoms with Crippen molar-refractivity contribution >= 4 is 5.97 Å². The number of pyridine rings is 1. The number of benzene rings is 1. The minimum atomic E-state index is -0.703. The summed E-state index contributed by atoms with van der Waals surface area (Å²) in [6.45, 7) is 7.42. The van der Waals surface area contributed by atoms with E-state index in [-0.39, 0.29) is 30.4 Å². The van der Waals surface area contributed by atoms with Crippen LogP contribution < -0.4 is 15.0 Å². The van der Waals surface area contributed by atoms with Crippen LogP contribution in [0.4, 0.5) is 0 Å². The molecule has 0 saturated heterocycles. The Balaban J connectivity index is 2.57. The number of hydrogen-bond donors (Lipinski definition) is 2. The number of rotatable bonds is 8. The lowest BCUT2D eigenvalue weighted by Crippen LogP contribution is -2.21. The van der Waals surface area contributed by atoms with Crippen LogP contribution >= 0.6 is 0 Å². The summed E-state index contributed by atoms with van der Waals surface area (Å²) in [6, 6.07) is 6.65. The van der Waals surface area contributed by atoms with E-state index in [1.54, 1.807) is 32.0 Å². The molecule has 0 saturated carbocycles. The maximum Gasteiger partial charge on any atom is 0.306 e. The standard InChI is InChI=1S/C21H27NO6/c1-6-27-19(24)11-15(20-16(23)9-13(4)22-21(20)25)14-7-8-17(28-12(2)3)18(10-14)26-5/h7-10,12,15H,6,11H2,1-5H3,(H2,22,23,25)/t15-/m0/s1. The summed E-state index contributed by atoms with van der Waals surface area (Å²) in [5, 5.41) is 10.4. The Morgan fingerprint density at radius 3 is 2.50 bits per heavy atom. The average Bonchev–Trinajstić information content (AvgIpc) is 2.60. The van der Waals surface area contributed by atoms with Gasteiger partial charge in [0.25, 0.3) is 5.56 Å². The van der Waals surface area contributed by atoms with Crippen molar-refractivity contribution in [3.05, 3.63) is 51.4 Å². The van der Waals surface area contributed by atoms with Crippen LogP contribution in [0.2, 0.25) is 0 Å². The van der Waals surface area contributed by atoms with Crippen molar-refractivity contribution in [1.82, 2.24) is 4.98 Å². The largest absolute Gasteiger partial charge is 0.507 e. The van der Waals surface area contributed by atoms with Gasteiger partial charge in [-0.3, -0.25) is 9.59 Å². The van der Waals surface area contributed by atoms with Gasteiger partial charge in [-0.1, -0.05) is 6.07 Å². The van der Waals surface area contributed by atoms with E-state index in [2.05, 4.69) is 4.98 Å². The highest BCUT2D eigenvalue weighted by Crippen LogP contribution is 2.37. The van der Waals surface area contributed by atoms with E-state index in [0.717, 1.165) is 0 Å². The normalized spacial score (nSPS) is 11.9. The third-order valence-corrected chi connectivity index (χ3v) is 4.16. The number of aromatic nitrogens is 1. The molecule has 0 aliphatic carbocycles. The molecule has 0 spiro atoms. The fourth-order valence-electron chi connectivity index (χ4n) is 3.04. The fourth-order valence-corrected chi connectivity index (χ4v) is 3.04. The van der Waals surface area contributed by atoms with Crippen LogP contribution in [0.1, 0.15) is 49.9 Å². The second-order valence-electron chi connectivity index (χ2n) is 6.72. The zero-order valence-corrected chi connectivity index (χ0v) is 16.9. The summed E-state index contributed by atoms with van der Waals surface area (Å²) < 4.78 is 16.2. The van der Waals surface area contributed by atoms with Gasteiger partial charge in [0.2, 0.25) is 0 Å². The zero-order valence-electron chi connectivity index (χ0n) is 16.9. The van der Waals surface area contributed by atoms with Gasteiger partial charge < -0.3 is 24.3 Å². The number of carbonyl (C=O) groups is 1. The molecule has 0 bridgehead atoms. The Kier molecular flexibility index (Phi) is 7.09. The lowest BCUT2D eigenvalue weighted by Gasteiger charge is -2.20. The van der Waals surface area contributed by atoms with Crippen molar-refractivity contribution in [3.8, 4) is 17.2 Å². The van der Waals surface area contributed by atoms with Gasteiger partial charge in [-0.2, -0.15) is 0 Å². The van der Waals surface area contributed by atoms with Gasteiger partial charge in [0.15, 0.2) is 11.5 Å². The van der Waals surface area contributed by atoms with E-state index in [1.807, 2.05) is 13.8 Å². The molecule has 0 aliphatic rings. The van der Waals surface area contributed by atoms with E-state index in [1.165, 1.54) is 13.2 Å². The Morgan fingerprint density at radius 2 is 1.93 bits per heavy atom. The molecule has 0 aliphatic heterocycles. The second kappa shape index (κ2) is 9.30. The number of nitrogens with one attached hydrogen (secondary N) is 1. The lowest BCUT2D eigenvalue weighted by molar-refractivity contribution is -0.143. The molecule has 0 radical (unpaired) electrons. The number of esters is 1. The van der Waals surface area contributed by atoms with Gasteiger partial charge in [-0.25, -0.2) is 0 Å². The van der Waals surface area contributed by atoms with E-state index >= 15 is 0 Å². The van der Waals surface area contributed by atoms with Gasteiger partial charge in [0.1, 0.15) is 5.75 Å². The van der Waals surface area contributed by atoms with E-state index in [0.29, 0.717) is 22.8 Å². The smallest absolute Gasteiger partial charge is 0.306 e. The number of methoxy groups -OCH3 is 1. The Hall–Kier alpha value is -2.96. The first-order chi connectivity index (χ1) is 13.3. The summed E-state index contributed by atoms with van der Waals surface area (Å²) in [5.74, 6) is -0.308. The van der Waals surface area contributed by atoms with Crippen molar-refractivity contribution in [3.63, 3.8) is 0 Å². The van der Waals surface area contributed by atoms with Gasteiger partial charge in [-0.05, 0) is 51.5 Å². The minimum Gasteiger partial charge on any atom is -0.507 e. The first-order valence-corrected chi connectivity index (χ1v) is 9.19. The van der Waals surface area contributed by atoms with Crippen LogP contribution in [0.3, 0.4) is 0 Å². The molecule has 2 rings (SSSR count). The van der Waals surface area contributed by atoms with Gasteiger partial charge in [0.05, 0.1) is 31.8 Å². The predicted molar refractivity (Wildman–Crippen MR) is 105 cm³/mol. The van der Waals surface area contributed by atoms with Crippen LogP contribution in [-0.2, 0) is 9.53 Å². The van der Waals surface area contributed by atoms with Gasteiger partial charge in [0, 0.05) is 11.6 Å². The van der Waals surface area contributed by atoms with E-state index in [4.69, 9.17) is 14.2 Å². The number of aromatic hydroxyl groups is 1. The number of H-pyrrole nitrogens is 1. The zero-order chi connectivity index (χ0) is 20.8. The van der Waals surface area contributed by atoms with Crippen molar-refractivity contribution in [2.75, 3.05) is 13.7 Å². The molecular weight excluding hydrogens is 362 g/mol. The minimum absolute atomic E-state index is 0.0425. The number of aryl methyl sites for hydroxylation is 1. The molecule has 152 valence electrons. The Morgan fingerprint density at radius 1 is 1.21 bits per heavy atom. The maximum absolute atomic E-state index is 12.6. The van der Waals surface area contributed by atoms with Crippen molar-refractivity contribution in [1.29, 1.82) is 0 Å². The molecular formula is C21H27NO6. The molecule has 2 N–H and O–H groups in total. The molecule has 0 unspecified atom stereocenters. The Bertz CT molecular complexity index is 887. The van der Waals surface area contributed by atoms with Crippen molar-refractivity contribution in [2.45, 2.75) is 46.1 Å². The van der Waals surface area contributed by atoms with Gasteiger partial charge in [-0.15, -0.1) is 0 Å². The highest BCUT2D eigenvalue weighted by Gasteiger charge is 2.26. The summed E-state index contributed by atoms with van der Waals surface area (Å²) in [4.78, 5) is 27.4. The van der Waals surface area contributed by atoms with E-state index in [9.17, 15) is 14.7 Å². The molecule has 1 aromatic heterocycles. The van der Waals surface area contributed by atoms with Crippen molar-refractivity contribution in [2.24, 2.45) is 0 Å². The summed E-state index contributed by atoms with van der Waals surface area (Å²) >= 11 is 0. The number of aromatic amines is 1. The maximum atomic E-state index is 12.6. The molecule has 7 nitrogen and oxygen atoms in total. The summed E-state index contributed by atoms with van der Waals surface area (Å²) in [6.07, 6.45) is -0.139. The SMILES string of the molecule is CCOC(=O)C[C@@H](c1ccc(OC(C)C)c(OC)c1)c1c(O)cc(C)[nH]c1=O. The molecule has 0 amide bonds. The highest BCUT2D eigenvalue weighted by molar-refractivity contribution is 5.72. The molecule has 2 aromatic rings. The van der Waals surface area contributed by atoms with Crippen LogP contribution in [0.5, 0.6) is 17.2 Å². The Labute approximate surface area is 164 Å². The van der Waals surface area contributed by atoms with Crippen LogP contribution in [0.15, 0.2) is 29.1 Å². The third kappa shape index (κ3) is 5.06. The second-order valence-corrected chi connectivity index (χ2v) is 6.72. The first kappa shape index (κ1) is 21.3. The molecule has 1 aromatic carbocycles. The first-order valence-electron chi connectivity index (χ1n) is 9.19. The third-order valence-electron chi connectivity index (χ3n) is 4.16. The van der Waals surface area contributed by atoms with Crippen LogP contribution in [-0.4, -0.2) is 35.9 Å². The highest BCUT2D eigenvalue weighted by atomic mass is 16.5. The van der Waals surface area contributed by atoms with E-state index < -0.39 is 17.4 Å². The quantitative estimate of drug-likeness (QED) is 0.673. The number of ether oxygens (including phenoxy) is 3. The molecule has 28 heavy (non-hydrogen) atoms. The molecule has 1 atom stereocenters. The van der Waals surface area contributed by atoms with Gasteiger partial charge >= 0.3 is 5.97 Å². The molecule has 1 heterocycles. The number of carbonyl (C=O) groups excluding carboxylic acids is 1. The number of hydrogen-bond acceptors (Lipinski definition) is 6.